The molecule has 6 heteroatoms. The van der Waals surface area contributed by atoms with Crippen LogP contribution in [0.5, 0.6) is 11.6 Å². The van der Waals surface area contributed by atoms with Gasteiger partial charge in [0, 0.05) is 26.8 Å². The van der Waals surface area contributed by atoms with Crippen LogP contribution in [-0.2, 0) is 0 Å². The number of hydrogen-bond acceptors (Lipinski definition) is 6. The van der Waals surface area contributed by atoms with Gasteiger partial charge in [-0.3, -0.25) is 4.79 Å². The summed E-state index contributed by atoms with van der Waals surface area (Å²) in [5.41, 5.74) is 3.99. The summed E-state index contributed by atoms with van der Waals surface area (Å²) in [6.07, 6.45) is 1.18. The van der Waals surface area contributed by atoms with E-state index >= 15 is 0 Å². The van der Waals surface area contributed by atoms with E-state index < -0.39 is 0 Å². The van der Waals surface area contributed by atoms with E-state index in [0.717, 1.165) is 26.8 Å². The van der Waals surface area contributed by atoms with Crippen LogP contribution < -0.4 is 0 Å². The van der Waals surface area contributed by atoms with Gasteiger partial charge in [0.05, 0.1) is 4.88 Å². The maximum absolute atomic E-state index is 13.5. The molecule has 5 rings (SSSR count). The second kappa shape index (κ2) is 7.41. The van der Waals surface area contributed by atoms with E-state index in [2.05, 4.69) is 4.98 Å². The lowest BCUT2D eigenvalue weighted by Crippen LogP contribution is -2.02. The Balaban J connectivity index is 1.68. The van der Waals surface area contributed by atoms with E-state index in [-0.39, 0.29) is 17.4 Å². The van der Waals surface area contributed by atoms with E-state index in [9.17, 15) is 15.0 Å². The summed E-state index contributed by atoms with van der Waals surface area (Å²) in [4.78, 5) is 18.1. The fourth-order valence-corrected chi connectivity index (χ4v) is 4.87. The molecule has 0 aliphatic heterocycles. The highest BCUT2D eigenvalue weighted by Gasteiger charge is 2.22. The third kappa shape index (κ3) is 3.37. The molecule has 2 aromatic heterocycles. The minimum Gasteiger partial charge on any atom is -0.508 e. The molecule has 0 spiro atoms. The maximum atomic E-state index is 13.5. The van der Waals surface area contributed by atoms with Gasteiger partial charge in [-0.05, 0) is 48.4 Å². The van der Waals surface area contributed by atoms with Crippen LogP contribution in [0.4, 0.5) is 0 Å². The molecule has 0 aliphatic rings. The molecular weight excluding hydrogens is 410 g/mol. The summed E-state index contributed by atoms with van der Waals surface area (Å²) < 4.78 is 6.10. The SMILES string of the molecule is Cc1ccccc1C(=O)c1sc2cc(O)ccc2c1-c1ccc(-c2nc(O)co2)cc1. The third-order valence-electron chi connectivity index (χ3n) is 5.18. The van der Waals surface area contributed by atoms with Crippen LogP contribution >= 0.6 is 11.3 Å². The zero-order valence-electron chi connectivity index (χ0n) is 16.5. The molecule has 31 heavy (non-hydrogen) atoms. The first-order valence-electron chi connectivity index (χ1n) is 9.62. The molecule has 152 valence electrons. The standard InChI is InChI=1S/C25H17NO4S/c1-14-4-2-3-5-18(14)23(29)24-22(19-11-10-17(27)12-20(19)31-24)15-6-8-16(9-7-15)25-26-21(28)13-30-25/h2-13,27-28H,1H3. The first-order chi connectivity index (χ1) is 15.0. The van der Waals surface area contributed by atoms with Crippen molar-refractivity contribution in [3.8, 4) is 34.2 Å². The van der Waals surface area contributed by atoms with E-state index in [1.54, 1.807) is 12.1 Å². The van der Waals surface area contributed by atoms with Gasteiger partial charge < -0.3 is 14.6 Å². The second-order valence-electron chi connectivity index (χ2n) is 7.22. The van der Waals surface area contributed by atoms with Crippen molar-refractivity contribution in [1.82, 2.24) is 4.98 Å². The van der Waals surface area contributed by atoms with Crippen LogP contribution in [-0.4, -0.2) is 21.0 Å². The molecule has 3 aromatic carbocycles. The summed E-state index contributed by atoms with van der Waals surface area (Å²) >= 11 is 1.37. The second-order valence-corrected chi connectivity index (χ2v) is 8.27. The van der Waals surface area contributed by atoms with Gasteiger partial charge in [-0.1, -0.05) is 36.4 Å². The van der Waals surface area contributed by atoms with Crippen LogP contribution in [0.2, 0.25) is 0 Å². The Morgan fingerprint density at radius 1 is 0.968 bits per heavy atom. The number of oxazole rings is 1. The van der Waals surface area contributed by atoms with Gasteiger partial charge >= 0.3 is 0 Å². The minimum absolute atomic E-state index is 0.0458. The third-order valence-corrected chi connectivity index (χ3v) is 6.33. The van der Waals surface area contributed by atoms with Crippen LogP contribution in [0.1, 0.15) is 20.8 Å². The molecule has 0 aliphatic carbocycles. The average Bonchev–Trinajstić information content (AvgIpc) is 3.37. The summed E-state index contributed by atoms with van der Waals surface area (Å²) in [5, 5.41) is 20.3. The molecule has 0 fully saturated rings. The van der Waals surface area contributed by atoms with Crippen molar-refractivity contribution in [2.75, 3.05) is 0 Å². The number of phenols is 1. The van der Waals surface area contributed by atoms with Gasteiger partial charge in [0.2, 0.25) is 11.7 Å². The Bertz CT molecular complexity index is 1430. The topological polar surface area (TPSA) is 83.6 Å². The number of carbonyl (C=O) groups is 1. The van der Waals surface area contributed by atoms with Crippen molar-refractivity contribution in [1.29, 1.82) is 0 Å². The largest absolute Gasteiger partial charge is 0.508 e. The molecule has 0 unspecified atom stereocenters. The Labute approximate surface area is 181 Å². The molecule has 2 N–H and O–H groups in total. The van der Waals surface area contributed by atoms with Crippen LogP contribution in [0.25, 0.3) is 32.7 Å². The normalized spacial score (nSPS) is 11.1. The number of carbonyl (C=O) groups excluding carboxylic acids is 1. The number of hydrogen-bond donors (Lipinski definition) is 2. The number of thiophene rings is 1. The van der Waals surface area contributed by atoms with Crippen molar-refractivity contribution in [3.63, 3.8) is 0 Å². The molecular formula is C25H17NO4S. The van der Waals surface area contributed by atoms with Gasteiger partial charge in [0.25, 0.3) is 5.88 Å². The van der Waals surface area contributed by atoms with Gasteiger partial charge in [0.1, 0.15) is 5.75 Å². The van der Waals surface area contributed by atoms with Crippen molar-refractivity contribution in [3.05, 3.63) is 89.0 Å². The number of rotatable bonds is 4. The Hall–Kier alpha value is -3.90. The smallest absolute Gasteiger partial charge is 0.250 e. The lowest BCUT2D eigenvalue weighted by Gasteiger charge is -2.08. The van der Waals surface area contributed by atoms with Crippen LogP contribution in [0, 0.1) is 6.92 Å². The Kier molecular flexibility index (Phi) is 4.56. The molecule has 2 heterocycles. The van der Waals surface area contributed by atoms with Crippen molar-refractivity contribution in [2.24, 2.45) is 0 Å². The number of aromatic hydroxyl groups is 2. The van der Waals surface area contributed by atoms with Crippen molar-refractivity contribution >= 4 is 27.2 Å². The average molecular weight is 427 g/mol. The number of benzene rings is 3. The van der Waals surface area contributed by atoms with Crippen molar-refractivity contribution < 1.29 is 19.4 Å². The number of aromatic nitrogens is 1. The summed E-state index contributed by atoms with van der Waals surface area (Å²) in [6, 6.07) is 20.2. The zero-order valence-corrected chi connectivity index (χ0v) is 17.3. The van der Waals surface area contributed by atoms with E-state index in [4.69, 9.17) is 4.42 Å². The highest BCUT2D eigenvalue weighted by atomic mass is 32.1. The Morgan fingerprint density at radius 3 is 2.42 bits per heavy atom. The molecule has 0 amide bonds. The fraction of sp³-hybridized carbons (Fsp3) is 0.0400. The quantitative estimate of drug-likeness (QED) is 0.335. The summed E-state index contributed by atoms with van der Waals surface area (Å²) in [5.74, 6) is 0.263. The van der Waals surface area contributed by atoms with Crippen LogP contribution in [0.3, 0.4) is 0 Å². The van der Waals surface area contributed by atoms with Crippen LogP contribution in [0.15, 0.2) is 77.4 Å². The molecule has 5 aromatic rings. The number of ketones is 1. The lowest BCUT2D eigenvalue weighted by molar-refractivity contribution is 0.104. The number of nitrogens with zero attached hydrogens (tertiary/aromatic N) is 1. The summed E-state index contributed by atoms with van der Waals surface area (Å²) in [7, 11) is 0. The van der Waals surface area contributed by atoms with Crippen molar-refractivity contribution in [2.45, 2.75) is 6.92 Å². The molecule has 0 saturated carbocycles. The van der Waals surface area contributed by atoms with Gasteiger partial charge in [-0.25, -0.2) is 0 Å². The maximum Gasteiger partial charge on any atom is 0.250 e. The number of phenolic OH excluding ortho intramolecular Hbond substituents is 1. The van der Waals surface area contributed by atoms with Gasteiger partial charge in [0.15, 0.2) is 6.26 Å². The first-order valence-corrected chi connectivity index (χ1v) is 10.4. The van der Waals surface area contributed by atoms with Gasteiger partial charge in [-0.2, -0.15) is 4.98 Å². The highest BCUT2D eigenvalue weighted by Crippen LogP contribution is 2.42. The monoisotopic (exact) mass is 427 g/mol. The highest BCUT2D eigenvalue weighted by molar-refractivity contribution is 7.21. The molecule has 0 saturated heterocycles. The first kappa shape index (κ1) is 19.1. The Morgan fingerprint density at radius 2 is 1.71 bits per heavy atom. The van der Waals surface area contributed by atoms with E-state index in [0.29, 0.717) is 21.9 Å². The fourth-order valence-electron chi connectivity index (χ4n) is 3.66. The van der Waals surface area contributed by atoms with E-state index in [1.807, 2.05) is 61.5 Å². The predicted octanol–water partition coefficient (Wildman–Crippen LogP) is 6.17. The summed E-state index contributed by atoms with van der Waals surface area (Å²) in [6.45, 7) is 1.92. The predicted molar refractivity (Wildman–Crippen MR) is 121 cm³/mol. The molecule has 0 bridgehead atoms. The number of fused-ring (bicyclic) bond motifs is 1. The van der Waals surface area contributed by atoms with E-state index in [1.165, 1.54) is 17.6 Å². The molecule has 5 nitrogen and oxygen atoms in total. The molecule has 0 atom stereocenters. The zero-order chi connectivity index (χ0) is 21.5. The lowest BCUT2D eigenvalue weighted by atomic mass is 9.96. The molecule has 0 radical (unpaired) electrons. The number of aryl methyl sites for hydroxylation is 1. The van der Waals surface area contributed by atoms with Gasteiger partial charge in [-0.15, -0.1) is 11.3 Å². The minimum atomic E-state index is -0.172.